The van der Waals surface area contributed by atoms with Crippen LogP contribution in [-0.4, -0.2) is 105 Å². The molecular weight excluding hydrogens is 2960 g/mol. The van der Waals surface area contributed by atoms with E-state index < -0.39 is 0 Å². The van der Waals surface area contributed by atoms with Gasteiger partial charge in [-0.2, -0.15) is 0 Å². The molecule has 42 heteroatoms. The number of fused-ring (bicyclic) bond motifs is 12. The molecule has 24 heterocycles. The predicted molar refractivity (Wildman–Crippen MR) is 507 cm³/mol. The monoisotopic (exact) mass is 3020 g/mol. The number of nitrogens with zero attached hydrogens (tertiary/aromatic N) is 24. The average molecular weight is 3030 g/mol. The van der Waals surface area contributed by atoms with Crippen molar-refractivity contribution in [2.45, 2.75) is 0 Å². The molecule has 0 radical (unpaired) electrons. The number of imidazole rings is 12. The van der Waals surface area contributed by atoms with Gasteiger partial charge in [0.25, 0.3) is 0 Å². The number of furan rings is 12. The SMILES string of the molecule is Cn1[c-]nc(-c2coc3cc4occ(-c5cn(C)cn5)c4[c-]c23)c1.Cn1[c-]nc(-c2coc3cc4occ(-c5cn(C)cn5)c4[c-]c23)c1.Cn1[c-]nc(-c2coc3cc4occ(-n5[c-][n+](C)cc5)c4[c-]c23)c1.Cn1c[c-][n+](-c2coc3cc4occ(-n5[c-]ncc5)c4[c-]c23)c1.Cn1ccnc1-c1coc2cc3occ(-n4[c-]ncc4)c3[c-]c12.Cn1ccnc1-c1coc2cc3occ(-n4[c-]ncc4)c3[c-]c12.[Pt+2].[Pt+2].[Pt+2].[Pt+2].[Pt+2].[Pt+4]. The van der Waals surface area contributed by atoms with Gasteiger partial charge in [-0.05, 0) is 90.6 Å². The van der Waals surface area contributed by atoms with Crippen LogP contribution in [0.15, 0.2) is 295 Å². The van der Waals surface area contributed by atoms with Crippen LogP contribution in [0.25, 0.3) is 239 Å². The summed E-state index contributed by atoms with van der Waals surface area (Å²) in [5.74, 6) is 1.66. The van der Waals surface area contributed by atoms with Gasteiger partial charge in [0.1, 0.15) is 18.0 Å². The van der Waals surface area contributed by atoms with Crippen molar-refractivity contribution in [3.8, 4) is 107 Å². The normalized spacial score (nSPS) is 11.2. The van der Waals surface area contributed by atoms with Gasteiger partial charge in [0, 0.05) is 152 Å². The van der Waals surface area contributed by atoms with E-state index in [0.29, 0.717) is 50.2 Å². The van der Waals surface area contributed by atoms with Crippen LogP contribution in [0, 0.1) is 86.9 Å². The summed E-state index contributed by atoms with van der Waals surface area (Å²) in [5, 5.41) is 10.4. The maximum absolute atomic E-state index is 5.67. The minimum Gasteiger partial charge on any atom is -0.508 e. The molecule has 0 aliphatic rings. The third-order valence-electron chi connectivity index (χ3n) is 23.7. The second kappa shape index (κ2) is 41.2. The van der Waals surface area contributed by atoms with Crippen LogP contribution in [0.3, 0.4) is 0 Å². The molecule has 24 aromatic heterocycles. The van der Waals surface area contributed by atoms with Gasteiger partial charge in [0.05, 0.1) is 185 Å². The second-order valence-electron chi connectivity index (χ2n) is 33.2. The summed E-state index contributed by atoms with van der Waals surface area (Å²) >= 11 is 0. The number of rotatable bonds is 12. The number of benzene rings is 6. The summed E-state index contributed by atoms with van der Waals surface area (Å²) < 4.78 is 93.8. The minimum atomic E-state index is 0. The third-order valence-corrected chi connectivity index (χ3v) is 23.7. The van der Waals surface area contributed by atoms with Gasteiger partial charge in [-0.25, -0.2) is 19.9 Å². The fraction of sp³-hybridized carbons (Fsp3) is 0.0857. The fourth-order valence-corrected chi connectivity index (χ4v) is 16.9. The Morgan fingerprint density at radius 1 is 0.286 bits per heavy atom. The Kier molecular flexibility index (Phi) is 28.0. The summed E-state index contributed by atoms with van der Waals surface area (Å²) in [6, 6.07) is 31.7. The summed E-state index contributed by atoms with van der Waals surface area (Å²) in [6.07, 6.45) is 82.4. The van der Waals surface area contributed by atoms with E-state index in [2.05, 4.69) is 137 Å². The molecule has 30 aromatic rings. The van der Waals surface area contributed by atoms with Gasteiger partial charge < -0.3 is 147 Å². The number of hydrogen-bond acceptors (Lipinski definition) is 22. The largest absolute Gasteiger partial charge is 4.00 e. The molecule has 736 valence electrons. The van der Waals surface area contributed by atoms with Crippen LogP contribution in [0.2, 0.25) is 0 Å². The molecule has 0 bridgehead atoms. The average Bonchev–Trinajstić information content (AvgIpc) is 1.63. The maximum atomic E-state index is 5.67. The van der Waals surface area contributed by atoms with E-state index in [1.54, 1.807) is 146 Å². The van der Waals surface area contributed by atoms with Crippen molar-refractivity contribution < 1.29 is 189 Å². The maximum Gasteiger partial charge on any atom is 4.00 e. The summed E-state index contributed by atoms with van der Waals surface area (Å²) in [5.41, 5.74) is 23.2. The van der Waals surface area contributed by atoms with E-state index >= 15 is 0 Å². The van der Waals surface area contributed by atoms with Crippen molar-refractivity contribution in [1.29, 1.82) is 0 Å². The van der Waals surface area contributed by atoms with Crippen molar-refractivity contribution in [2.75, 3.05) is 0 Å². The molecule has 0 saturated carbocycles. The molecule has 0 unspecified atom stereocenters. The Hall–Kier alpha value is -15.6. The van der Waals surface area contributed by atoms with E-state index in [0.717, 1.165) is 189 Å². The fourth-order valence-electron chi connectivity index (χ4n) is 16.9. The van der Waals surface area contributed by atoms with Gasteiger partial charge in [-0.15, -0.1) is 55.0 Å². The molecule has 0 amide bonds. The van der Waals surface area contributed by atoms with Gasteiger partial charge in [-0.3, -0.25) is 0 Å². The second-order valence-corrected chi connectivity index (χ2v) is 33.2. The van der Waals surface area contributed by atoms with E-state index in [9.17, 15) is 0 Å². The van der Waals surface area contributed by atoms with Gasteiger partial charge in [-0.1, -0.05) is 125 Å². The Morgan fingerprint density at radius 2 is 0.585 bits per heavy atom. The van der Waals surface area contributed by atoms with Crippen LogP contribution < -0.4 is 9.13 Å². The molecule has 0 saturated heterocycles. The smallest absolute Gasteiger partial charge is 0.508 e. The van der Waals surface area contributed by atoms with E-state index in [1.807, 2.05) is 223 Å². The van der Waals surface area contributed by atoms with E-state index in [1.165, 1.54) is 0 Å². The zero-order valence-electron chi connectivity index (χ0n) is 77.5. The molecule has 147 heavy (non-hydrogen) atoms. The van der Waals surface area contributed by atoms with Gasteiger partial charge in [0.15, 0.2) is 0 Å². The summed E-state index contributed by atoms with van der Waals surface area (Å²) in [6.45, 7) is 0. The summed E-state index contributed by atoms with van der Waals surface area (Å²) in [4.78, 5) is 42.3. The zero-order valence-corrected chi connectivity index (χ0v) is 91.2. The van der Waals surface area contributed by atoms with Crippen molar-refractivity contribution in [1.82, 2.24) is 105 Å². The standard InChI is InChI=1S/3C18H12N4O2.3C17H10N4O2.6Pt/c2*1-21-5-15(19-9-21)13-7-23-17-4-18-12(3-11(13)17)14(8-24-18)16-6-22(2)10-20-16;1-20-3-4-22(11-20)16-9-24-18-6-17-12(5-13(16)18)14(8-23-17)15-7-21(2)10-19-15;2*1-20-4-3-19-17(20)13-8-22-15-7-16-12(6-11(13)15)14(9-23-16)21-5-2-18-10-21;1-19-4-5-21(11-19)15-9-23-17-7-16-12(6-13(15)17)14(8-22-16)20-3-2-18-10-20;;;;;;/h2*4-9H,1-2H3;3-4,6-9H,1-2H3;2*2-5,7-9H,1H3;2-4,7-9,11H,1H3;;;;;;/q6*-2;5*+2;+4. The number of aryl methyl sites for hydroxylation is 9. The van der Waals surface area contributed by atoms with Crippen molar-refractivity contribution in [3.05, 3.63) is 329 Å². The van der Waals surface area contributed by atoms with Crippen LogP contribution in [0.1, 0.15) is 0 Å². The quantitative estimate of drug-likeness (QED) is 0.0810. The molecule has 0 spiro atoms. The zero-order chi connectivity index (χ0) is 94.9. The Labute approximate surface area is 916 Å². The summed E-state index contributed by atoms with van der Waals surface area (Å²) in [7, 11) is 17.3. The van der Waals surface area contributed by atoms with Gasteiger partial charge >= 0.3 is 126 Å². The van der Waals surface area contributed by atoms with Crippen LogP contribution in [-0.2, 0) is 190 Å². The van der Waals surface area contributed by atoms with Crippen LogP contribution in [0.5, 0.6) is 0 Å². The molecule has 0 fully saturated rings. The Morgan fingerprint density at radius 3 is 0.871 bits per heavy atom. The van der Waals surface area contributed by atoms with Crippen molar-refractivity contribution >= 4 is 132 Å². The van der Waals surface area contributed by atoms with E-state index in [-0.39, 0.29) is 126 Å². The van der Waals surface area contributed by atoms with Crippen LogP contribution >= 0.6 is 0 Å². The van der Waals surface area contributed by atoms with Crippen molar-refractivity contribution in [3.63, 3.8) is 0 Å². The first-order valence-electron chi connectivity index (χ1n) is 43.4. The minimum absolute atomic E-state index is 0. The number of aromatic nitrogens is 24. The first kappa shape index (κ1) is 100. The molecule has 0 aliphatic heterocycles. The Bertz CT molecular complexity index is 8970. The van der Waals surface area contributed by atoms with E-state index in [4.69, 9.17) is 53.0 Å². The molecule has 36 nitrogen and oxygen atoms in total. The first-order chi connectivity index (χ1) is 69.0. The molecule has 6 aromatic carbocycles. The topological polar surface area (TPSA) is 353 Å². The molecule has 30 rings (SSSR count). The van der Waals surface area contributed by atoms with Gasteiger partial charge in [0.2, 0.25) is 6.33 Å². The molecular formula is C105H66N24O12Pt6+2. The van der Waals surface area contributed by atoms with Crippen LogP contribution in [0.4, 0.5) is 0 Å². The molecule has 0 aliphatic carbocycles. The molecule has 0 N–H and O–H groups in total. The Balaban J connectivity index is 0.000000110. The predicted octanol–water partition coefficient (Wildman–Crippen LogP) is 18.9. The third kappa shape index (κ3) is 18.6. The number of hydrogen-bond donors (Lipinski definition) is 0. The molecule has 0 atom stereocenters. The van der Waals surface area contributed by atoms with Crippen molar-refractivity contribution in [2.24, 2.45) is 63.4 Å². The first-order valence-corrected chi connectivity index (χ1v) is 43.4.